The second-order valence-corrected chi connectivity index (χ2v) is 5.85. The van der Waals surface area contributed by atoms with Gasteiger partial charge in [-0.3, -0.25) is 4.79 Å². The molecule has 0 bridgehead atoms. The molecular formula is C16H22N2O2. The zero-order chi connectivity index (χ0) is 13.9. The Kier molecular flexibility index (Phi) is 4.03. The molecule has 1 N–H and O–H groups in total. The predicted octanol–water partition coefficient (Wildman–Crippen LogP) is 1.72. The van der Waals surface area contributed by atoms with Gasteiger partial charge in [-0.25, -0.2) is 0 Å². The lowest BCUT2D eigenvalue weighted by molar-refractivity contribution is -0.127. The van der Waals surface area contributed by atoms with Crippen molar-refractivity contribution in [2.45, 2.75) is 25.5 Å². The molecule has 2 aliphatic rings. The number of hydrogen-bond acceptors (Lipinski definition) is 3. The van der Waals surface area contributed by atoms with Crippen molar-refractivity contribution < 1.29 is 9.53 Å². The van der Waals surface area contributed by atoms with Gasteiger partial charge in [-0.1, -0.05) is 24.3 Å². The second kappa shape index (κ2) is 5.94. The number of hydrogen-bond donors (Lipinski definition) is 1. The number of benzene rings is 1. The zero-order valence-electron chi connectivity index (χ0n) is 12.0. The first-order valence-electron chi connectivity index (χ1n) is 7.38. The van der Waals surface area contributed by atoms with Crippen molar-refractivity contribution in [1.82, 2.24) is 10.2 Å². The lowest BCUT2D eigenvalue weighted by Gasteiger charge is -2.31. The normalized spacial score (nSPS) is 24.1. The standard InChI is InChI=1S/C16H22N2O2/c1-18-8-6-12(7-9-18)16(19)17-15-11-20-10-13-4-2-3-5-14(13)15/h2-5,12,15H,6-11H2,1H3,(H,17,19). The number of nitrogens with one attached hydrogen (secondary N) is 1. The maximum atomic E-state index is 12.4. The highest BCUT2D eigenvalue weighted by atomic mass is 16.5. The van der Waals surface area contributed by atoms with Gasteiger partial charge in [-0.15, -0.1) is 0 Å². The lowest BCUT2D eigenvalue weighted by Crippen LogP contribution is -2.42. The van der Waals surface area contributed by atoms with E-state index in [2.05, 4.69) is 29.4 Å². The highest BCUT2D eigenvalue weighted by molar-refractivity contribution is 5.79. The molecule has 1 unspecified atom stereocenters. The summed E-state index contributed by atoms with van der Waals surface area (Å²) < 4.78 is 5.59. The van der Waals surface area contributed by atoms with Gasteiger partial charge >= 0.3 is 0 Å². The first-order chi connectivity index (χ1) is 9.74. The van der Waals surface area contributed by atoms with E-state index in [1.165, 1.54) is 11.1 Å². The van der Waals surface area contributed by atoms with E-state index in [1.807, 2.05) is 12.1 Å². The molecule has 1 fully saturated rings. The molecule has 108 valence electrons. The molecule has 4 heteroatoms. The van der Waals surface area contributed by atoms with Gasteiger partial charge in [0.1, 0.15) is 0 Å². The van der Waals surface area contributed by atoms with Crippen LogP contribution in [-0.4, -0.2) is 37.6 Å². The number of ether oxygens (including phenoxy) is 1. The Hall–Kier alpha value is -1.39. The van der Waals surface area contributed by atoms with E-state index in [0.29, 0.717) is 13.2 Å². The van der Waals surface area contributed by atoms with E-state index in [4.69, 9.17) is 4.74 Å². The molecule has 2 aliphatic heterocycles. The Balaban J connectivity index is 1.65. The van der Waals surface area contributed by atoms with E-state index in [-0.39, 0.29) is 17.9 Å². The third-order valence-corrected chi connectivity index (χ3v) is 4.38. The maximum Gasteiger partial charge on any atom is 0.223 e. The summed E-state index contributed by atoms with van der Waals surface area (Å²) in [6.45, 7) is 3.25. The van der Waals surface area contributed by atoms with E-state index in [0.717, 1.165) is 25.9 Å². The fourth-order valence-electron chi connectivity index (χ4n) is 3.06. The number of fused-ring (bicyclic) bond motifs is 1. The lowest BCUT2D eigenvalue weighted by atomic mass is 9.94. The Bertz CT molecular complexity index is 481. The van der Waals surface area contributed by atoms with Crippen molar-refractivity contribution in [3.05, 3.63) is 35.4 Å². The molecule has 1 aromatic carbocycles. The first-order valence-corrected chi connectivity index (χ1v) is 7.38. The van der Waals surface area contributed by atoms with Crippen molar-refractivity contribution in [3.8, 4) is 0 Å². The molecule has 1 aromatic rings. The summed E-state index contributed by atoms with van der Waals surface area (Å²) in [5, 5.41) is 3.18. The predicted molar refractivity (Wildman–Crippen MR) is 77.2 cm³/mol. The van der Waals surface area contributed by atoms with Crippen LogP contribution < -0.4 is 5.32 Å². The molecule has 0 spiro atoms. The van der Waals surface area contributed by atoms with E-state index < -0.39 is 0 Å². The third-order valence-electron chi connectivity index (χ3n) is 4.38. The fraction of sp³-hybridized carbons (Fsp3) is 0.562. The van der Waals surface area contributed by atoms with Crippen LogP contribution in [0, 0.1) is 5.92 Å². The summed E-state index contributed by atoms with van der Waals surface area (Å²) in [5.74, 6) is 0.337. The average Bonchev–Trinajstić information content (AvgIpc) is 2.48. The summed E-state index contributed by atoms with van der Waals surface area (Å²) in [4.78, 5) is 14.7. The van der Waals surface area contributed by atoms with Gasteiger partial charge in [0.25, 0.3) is 0 Å². The molecule has 0 aliphatic carbocycles. The van der Waals surface area contributed by atoms with Gasteiger partial charge in [0.2, 0.25) is 5.91 Å². The number of nitrogens with zero attached hydrogens (tertiary/aromatic N) is 1. The minimum Gasteiger partial charge on any atom is -0.374 e. The van der Waals surface area contributed by atoms with Crippen LogP contribution in [0.1, 0.15) is 30.0 Å². The monoisotopic (exact) mass is 274 g/mol. The SMILES string of the molecule is CN1CCC(C(=O)NC2COCc3ccccc32)CC1. The summed E-state index contributed by atoms with van der Waals surface area (Å²) >= 11 is 0. The smallest absolute Gasteiger partial charge is 0.223 e. The molecule has 1 saturated heterocycles. The topological polar surface area (TPSA) is 41.6 Å². The summed E-state index contributed by atoms with van der Waals surface area (Å²) in [6.07, 6.45) is 1.91. The van der Waals surface area contributed by atoms with Crippen LogP contribution in [0.15, 0.2) is 24.3 Å². The molecule has 0 saturated carbocycles. The maximum absolute atomic E-state index is 12.4. The van der Waals surface area contributed by atoms with Crippen LogP contribution in [0.4, 0.5) is 0 Å². The molecule has 20 heavy (non-hydrogen) atoms. The number of likely N-dealkylation sites (tertiary alicyclic amines) is 1. The van der Waals surface area contributed by atoms with Crippen molar-refractivity contribution >= 4 is 5.91 Å². The molecule has 0 aromatic heterocycles. The zero-order valence-corrected chi connectivity index (χ0v) is 12.0. The van der Waals surface area contributed by atoms with Crippen LogP contribution in [0.5, 0.6) is 0 Å². The summed E-state index contributed by atoms with van der Waals surface area (Å²) in [7, 11) is 2.11. The fourth-order valence-corrected chi connectivity index (χ4v) is 3.06. The Morgan fingerprint density at radius 3 is 2.85 bits per heavy atom. The Morgan fingerprint density at radius 1 is 1.30 bits per heavy atom. The van der Waals surface area contributed by atoms with E-state index in [9.17, 15) is 4.79 Å². The van der Waals surface area contributed by atoms with Crippen molar-refractivity contribution in [3.63, 3.8) is 0 Å². The number of carbonyl (C=O) groups is 1. The highest BCUT2D eigenvalue weighted by Crippen LogP contribution is 2.25. The van der Waals surface area contributed by atoms with Gasteiger partial charge in [-0.05, 0) is 44.1 Å². The number of piperidine rings is 1. The van der Waals surface area contributed by atoms with Gasteiger partial charge in [-0.2, -0.15) is 0 Å². The van der Waals surface area contributed by atoms with Gasteiger partial charge in [0, 0.05) is 5.92 Å². The molecule has 2 heterocycles. The van der Waals surface area contributed by atoms with Gasteiger partial charge in [0.15, 0.2) is 0 Å². The van der Waals surface area contributed by atoms with Crippen LogP contribution in [0.25, 0.3) is 0 Å². The van der Waals surface area contributed by atoms with Crippen molar-refractivity contribution in [1.29, 1.82) is 0 Å². The number of amides is 1. The van der Waals surface area contributed by atoms with Crippen molar-refractivity contribution in [2.24, 2.45) is 5.92 Å². The summed E-state index contributed by atoms with van der Waals surface area (Å²) in [5.41, 5.74) is 2.40. The molecule has 1 amide bonds. The van der Waals surface area contributed by atoms with Gasteiger partial charge in [0.05, 0.1) is 19.3 Å². The largest absolute Gasteiger partial charge is 0.374 e. The second-order valence-electron chi connectivity index (χ2n) is 5.85. The van der Waals surface area contributed by atoms with Crippen LogP contribution in [0.3, 0.4) is 0 Å². The number of carbonyl (C=O) groups excluding carboxylic acids is 1. The Morgan fingerprint density at radius 2 is 2.05 bits per heavy atom. The first kappa shape index (κ1) is 13.6. The minimum absolute atomic E-state index is 0.00658. The van der Waals surface area contributed by atoms with Crippen molar-refractivity contribution in [2.75, 3.05) is 26.7 Å². The van der Waals surface area contributed by atoms with E-state index in [1.54, 1.807) is 0 Å². The highest BCUT2D eigenvalue weighted by Gasteiger charge is 2.27. The van der Waals surface area contributed by atoms with E-state index >= 15 is 0 Å². The molecule has 1 atom stereocenters. The molecular weight excluding hydrogens is 252 g/mol. The Labute approximate surface area is 120 Å². The van der Waals surface area contributed by atoms with Crippen LogP contribution >= 0.6 is 0 Å². The molecule has 3 rings (SSSR count). The minimum atomic E-state index is 0.00658. The average molecular weight is 274 g/mol. The summed E-state index contributed by atoms with van der Waals surface area (Å²) in [6, 6.07) is 8.22. The quantitative estimate of drug-likeness (QED) is 0.893. The molecule has 4 nitrogen and oxygen atoms in total. The number of rotatable bonds is 2. The molecule has 0 radical (unpaired) electrons. The third kappa shape index (κ3) is 2.86. The van der Waals surface area contributed by atoms with Crippen LogP contribution in [-0.2, 0) is 16.1 Å². The van der Waals surface area contributed by atoms with Gasteiger partial charge < -0.3 is 15.0 Å². The van der Waals surface area contributed by atoms with Crippen LogP contribution in [0.2, 0.25) is 0 Å².